The molecule has 3 aromatic rings. The molecule has 1 aromatic heterocycles. The van der Waals surface area contributed by atoms with Crippen LogP contribution < -0.4 is 20.6 Å². The van der Waals surface area contributed by atoms with Crippen LogP contribution in [0.15, 0.2) is 51.7 Å². The number of ether oxygens (including phenoxy) is 1. The number of carbonyl (C=O) groups excluding carboxylic acids is 1. The third-order valence-electron chi connectivity index (χ3n) is 4.86. The van der Waals surface area contributed by atoms with Gasteiger partial charge in [0.05, 0.1) is 13.7 Å². The van der Waals surface area contributed by atoms with E-state index in [-0.39, 0.29) is 12.5 Å². The number of rotatable bonds is 7. The predicted octanol–water partition coefficient (Wildman–Crippen LogP) is 2.81. The van der Waals surface area contributed by atoms with Gasteiger partial charge < -0.3 is 19.4 Å². The third kappa shape index (κ3) is 5.16. The highest BCUT2D eigenvalue weighted by Gasteiger charge is 2.17. The molecule has 6 nitrogen and oxygen atoms in total. The van der Waals surface area contributed by atoms with Crippen LogP contribution in [-0.4, -0.2) is 26.1 Å². The number of carbonyl (C=O) groups is 1. The number of hydrogen-bond donors (Lipinski definition) is 2. The zero-order chi connectivity index (χ0) is 21.0. The van der Waals surface area contributed by atoms with Gasteiger partial charge in [-0.3, -0.25) is 4.79 Å². The van der Waals surface area contributed by atoms with Crippen LogP contribution in [0, 0.1) is 6.92 Å². The molecule has 1 atom stereocenters. The van der Waals surface area contributed by atoms with E-state index in [9.17, 15) is 9.59 Å². The van der Waals surface area contributed by atoms with Crippen LogP contribution in [0.4, 0.5) is 5.69 Å². The molecule has 0 spiro atoms. The van der Waals surface area contributed by atoms with Gasteiger partial charge in [0, 0.05) is 33.8 Å². The van der Waals surface area contributed by atoms with Crippen LogP contribution in [-0.2, 0) is 11.3 Å². The largest absolute Gasteiger partial charge is 0.497 e. The summed E-state index contributed by atoms with van der Waals surface area (Å²) in [5, 5.41) is 4.33. The molecule has 0 aliphatic carbocycles. The highest BCUT2D eigenvalue weighted by atomic mass is 35.5. The summed E-state index contributed by atoms with van der Waals surface area (Å²) < 4.78 is 10.5. The lowest BCUT2D eigenvalue weighted by Crippen LogP contribution is -3.11. The molecule has 0 saturated carbocycles. The van der Waals surface area contributed by atoms with Gasteiger partial charge in [-0.05, 0) is 43.7 Å². The fraction of sp³-hybridized carbons (Fsp3) is 0.273. The van der Waals surface area contributed by atoms with Gasteiger partial charge in [-0.2, -0.15) is 0 Å². The van der Waals surface area contributed by atoms with Crippen molar-refractivity contribution in [3.8, 4) is 5.75 Å². The van der Waals surface area contributed by atoms with Gasteiger partial charge in [0.25, 0.3) is 5.91 Å². The number of quaternary nitrogens is 1. The number of benzene rings is 2. The predicted molar refractivity (Wildman–Crippen MR) is 114 cm³/mol. The van der Waals surface area contributed by atoms with Gasteiger partial charge in [0.15, 0.2) is 6.54 Å². The molecule has 2 N–H and O–H groups in total. The molecule has 0 saturated heterocycles. The average molecular weight is 416 g/mol. The Labute approximate surface area is 174 Å². The molecular formula is C22H24ClN2O4+. The summed E-state index contributed by atoms with van der Waals surface area (Å²) in [5.41, 5.74) is 2.54. The van der Waals surface area contributed by atoms with Crippen molar-refractivity contribution in [2.45, 2.75) is 20.4 Å². The molecule has 1 unspecified atom stereocenters. The standard InChI is InChI=1S/C22H23ClN2O4/c1-4-25(13-21(26)24-19-10-16(23)6-5-14(19)2)12-15-9-22(27)29-20-11-17(28-3)7-8-18(15)20/h5-11H,4,12-13H2,1-3H3,(H,24,26)/p+1. The van der Waals surface area contributed by atoms with Gasteiger partial charge in [0.1, 0.15) is 17.9 Å². The first kappa shape index (κ1) is 20.9. The Morgan fingerprint density at radius 1 is 1.21 bits per heavy atom. The first-order valence-electron chi connectivity index (χ1n) is 9.40. The van der Waals surface area contributed by atoms with E-state index < -0.39 is 5.63 Å². The highest BCUT2D eigenvalue weighted by molar-refractivity contribution is 6.31. The molecule has 1 heterocycles. The molecule has 2 aromatic carbocycles. The molecule has 1 amide bonds. The van der Waals surface area contributed by atoms with E-state index in [1.165, 1.54) is 6.07 Å². The average Bonchev–Trinajstić information content (AvgIpc) is 2.69. The zero-order valence-corrected chi connectivity index (χ0v) is 17.4. The van der Waals surface area contributed by atoms with Crippen molar-refractivity contribution in [1.29, 1.82) is 0 Å². The normalized spacial score (nSPS) is 12.0. The van der Waals surface area contributed by atoms with Crippen LogP contribution in [0.3, 0.4) is 0 Å². The van der Waals surface area contributed by atoms with Crippen LogP contribution in [0.2, 0.25) is 5.02 Å². The summed E-state index contributed by atoms with van der Waals surface area (Å²) in [7, 11) is 1.56. The first-order valence-corrected chi connectivity index (χ1v) is 9.77. The van der Waals surface area contributed by atoms with Crippen molar-refractivity contribution in [1.82, 2.24) is 0 Å². The summed E-state index contributed by atoms with van der Waals surface area (Å²) in [6.45, 7) is 5.43. The van der Waals surface area contributed by atoms with Gasteiger partial charge in [0.2, 0.25) is 0 Å². The van der Waals surface area contributed by atoms with E-state index >= 15 is 0 Å². The Morgan fingerprint density at radius 2 is 2.00 bits per heavy atom. The quantitative estimate of drug-likeness (QED) is 0.582. The van der Waals surface area contributed by atoms with Crippen LogP contribution in [0.25, 0.3) is 11.0 Å². The molecule has 152 valence electrons. The summed E-state index contributed by atoms with van der Waals surface area (Å²) in [5.74, 6) is 0.509. The summed E-state index contributed by atoms with van der Waals surface area (Å²) in [4.78, 5) is 25.6. The Morgan fingerprint density at radius 3 is 2.72 bits per heavy atom. The number of methoxy groups -OCH3 is 1. The number of aryl methyl sites for hydroxylation is 1. The smallest absolute Gasteiger partial charge is 0.336 e. The monoisotopic (exact) mass is 415 g/mol. The lowest BCUT2D eigenvalue weighted by atomic mass is 10.1. The molecule has 0 aliphatic heterocycles. The van der Waals surface area contributed by atoms with Crippen LogP contribution in [0.5, 0.6) is 5.75 Å². The maximum atomic E-state index is 12.6. The summed E-state index contributed by atoms with van der Waals surface area (Å²) >= 11 is 6.03. The molecule has 0 bridgehead atoms. The summed E-state index contributed by atoms with van der Waals surface area (Å²) in [6.07, 6.45) is 0. The number of halogens is 1. The second kappa shape index (κ2) is 9.11. The minimum absolute atomic E-state index is 0.110. The Bertz CT molecular complexity index is 1090. The molecule has 0 aliphatic rings. The maximum Gasteiger partial charge on any atom is 0.336 e. The number of anilines is 1. The summed E-state index contributed by atoms with van der Waals surface area (Å²) in [6, 6.07) is 12.3. The molecule has 29 heavy (non-hydrogen) atoms. The Hall–Kier alpha value is -2.83. The third-order valence-corrected chi connectivity index (χ3v) is 5.10. The number of likely N-dealkylation sites (N-methyl/N-ethyl adjacent to an activating group) is 1. The second-order valence-electron chi connectivity index (χ2n) is 6.92. The number of hydrogen-bond acceptors (Lipinski definition) is 4. The second-order valence-corrected chi connectivity index (χ2v) is 7.35. The van der Waals surface area contributed by atoms with Gasteiger partial charge in [-0.15, -0.1) is 0 Å². The number of nitrogens with one attached hydrogen (secondary N) is 2. The lowest BCUT2D eigenvalue weighted by molar-refractivity contribution is -0.903. The maximum absolute atomic E-state index is 12.6. The Kier molecular flexibility index (Phi) is 6.56. The van der Waals surface area contributed by atoms with E-state index in [4.69, 9.17) is 20.8 Å². The van der Waals surface area contributed by atoms with Crippen molar-refractivity contribution in [3.05, 3.63) is 69.0 Å². The van der Waals surface area contributed by atoms with Crippen molar-refractivity contribution >= 4 is 34.2 Å². The Balaban J connectivity index is 1.78. The minimum Gasteiger partial charge on any atom is -0.497 e. The topological polar surface area (TPSA) is 73.0 Å². The van der Waals surface area contributed by atoms with Crippen molar-refractivity contribution in [2.24, 2.45) is 0 Å². The fourth-order valence-corrected chi connectivity index (χ4v) is 3.39. The number of amides is 1. The minimum atomic E-state index is -0.421. The van der Waals surface area contributed by atoms with E-state index in [1.807, 2.05) is 32.0 Å². The fourth-order valence-electron chi connectivity index (χ4n) is 3.22. The SMILES string of the molecule is CC[NH+](CC(=O)Nc1cc(Cl)ccc1C)Cc1cc(=O)oc2cc(OC)ccc12. The highest BCUT2D eigenvalue weighted by Crippen LogP contribution is 2.22. The number of fused-ring (bicyclic) bond motifs is 1. The molecular weight excluding hydrogens is 392 g/mol. The first-order chi connectivity index (χ1) is 13.9. The van der Waals surface area contributed by atoms with Crippen molar-refractivity contribution < 1.29 is 18.8 Å². The molecule has 3 rings (SSSR count). The van der Waals surface area contributed by atoms with E-state index in [0.29, 0.717) is 28.6 Å². The molecule has 0 radical (unpaired) electrons. The van der Waals surface area contributed by atoms with Crippen molar-refractivity contribution in [3.63, 3.8) is 0 Å². The van der Waals surface area contributed by atoms with Crippen LogP contribution in [0.1, 0.15) is 18.1 Å². The van der Waals surface area contributed by atoms with Crippen LogP contribution >= 0.6 is 11.6 Å². The van der Waals surface area contributed by atoms with Gasteiger partial charge in [-0.1, -0.05) is 17.7 Å². The zero-order valence-electron chi connectivity index (χ0n) is 16.7. The van der Waals surface area contributed by atoms with E-state index in [1.54, 1.807) is 25.3 Å². The van der Waals surface area contributed by atoms with Crippen molar-refractivity contribution in [2.75, 3.05) is 25.5 Å². The van der Waals surface area contributed by atoms with E-state index in [2.05, 4.69) is 5.32 Å². The molecule has 0 fully saturated rings. The molecule has 7 heteroatoms. The van der Waals surface area contributed by atoms with Gasteiger partial charge >= 0.3 is 5.63 Å². The van der Waals surface area contributed by atoms with E-state index in [0.717, 1.165) is 28.0 Å². The lowest BCUT2D eigenvalue weighted by Gasteiger charge is -2.18. The van der Waals surface area contributed by atoms with Gasteiger partial charge in [-0.25, -0.2) is 4.79 Å².